The van der Waals surface area contributed by atoms with Crippen LogP contribution in [0.4, 0.5) is 14.9 Å². The first-order valence-corrected chi connectivity index (χ1v) is 13.9. The Hall–Kier alpha value is -3.92. The van der Waals surface area contributed by atoms with Gasteiger partial charge in [-0.1, -0.05) is 11.3 Å². The standard InChI is InChI=1S/C24H26FN7O6S/c1-39(34,35)28-7-9-36-15-18-11-23(29-38-18)22-5-2-16(12-26-22)20-4-3-17(10-21(20)25)32-14-19(37-24(32)33)13-31-8-6-27-30-31/h2-6,8,10-12,18-19,28-29H,7,9,13-15H2,1H3/t18-,19-/m0/s1. The fraction of sp³-hybridized carbons (Fsp3) is 0.333. The largest absolute Gasteiger partial charge is 0.442 e. The molecule has 0 spiro atoms. The van der Waals surface area contributed by atoms with Crippen LogP contribution in [-0.4, -0.2) is 79.3 Å². The highest BCUT2D eigenvalue weighted by Crippen LogP contribution is 2.30. The maximum absolute atomic E-state index is 15.1. The minimum atomic E-state index is -3.26. The quantitative estimate of drug-likeness (QED) is 0.329. The Balaban J connectivity index is 1.18. The Morgan fingerprint density at radius 1 is 1.28 bits per heavy atom. The van der Waals surface area contributed by atoms with E-state index >= 15 is 4.39 Å². The summed E-state index contributed by atoms with van der Waals surface area (Å²) >= 11 is 0. The molecule has 13 nitrogen and oxygen atoms in total. The van der Waals surface area contributed by atoms with Crippen LogP contribution in [0.1, 0.15) is 5.69 Å². The van der Waals surface area contributed by atoms with Gasteiger partial charge in [0.25, 0.3) is 0 Å². The van der Waals surface area contributed by atoms with Crippen molar-refractivity contribution < 1.29 is 31.9 Å². The lowest BCUT2D eigenvalue weighted by atomic mass is 10.1. The minimum absolute atomic E-state index is 0.169. The SMILES string of the molecule is CS(=O)(=O)NCCOC[C@@H]1C=C(c2ccc(-c3ccc(N4C[C@H](Cn5ccnn5)OC4=O)cc3F)cn2)NO1. The van der Waals surface area contributed by atoms with E-state index in [2.05, 4.69) is 25.5 Å². The number of cyclic esters (lactones) is 1. The van der Waals surface area contributed by atoms with Crippen LogP contribution in [0.15, 0.2) is 55.0 Å². The number of sulfonamides is 1. The van der Waals surface area contributed by atoms with Gasteiger partial charge in [-0.05, 0) is 30.3 Å². The lowest BCUT2D eigenvalue weighted by Crippen LogP contribution is -2.27. The van der Waals surface area contributed by atoms with E-state index in [4.69, 9.17) is 14.3 Å². The van der Waals surface area contributed by atoms with Gasteiger partial charge in [0, 0.05) is 30.1 Å². The van der Waals surface area contributed by atoms with Crippen molar-refractivity contribution in [1.82, 2.24) is 30.2 Å². The normalized spacial score (nSPS) is 19.2. The second-order valence-electron chi connectivity index (χ2n) is 8.92. The highest BCUT2D eigenvalue weighted by atomic mass is 32.2. The summed E-state index contributed by atoms with van der Waals surface area (Å²) in [5.74, 6) is -0.501. The lowest BCUT2D eigenvalue weighted by Gasteiger charge is -2.14. The van der Waals surface area contributed by atoms with Crippen molar-refractivity contribution in [2.75, 3.05) is 37.5 Å². The van der Waals surface area contributed by atoms with E-state index in [1.807, 2.05) is 0 Å². The van der Waals surface area contributed by atoms with Crippen LogP contribution in [0.25, 0.3) is 16.8 Å². The average molecular weight is 560 g/mol. The Morgan fingerprint density at radius 3 is 2.87 bits per heavy atom. The number of nitrogens with zero attached hydrogens (tertiary/aromatic N) is 5. The van der Waals surface area contributed by atoms with Crippen molar-refractivity contribution >= 4 is 27.5 Å². The smallest absolute Gasteiger partial charge is 0.414 e. The van der Waals surface area contributed by atoms with Gasteiger partial charge < -0.3 is 9.47 Å². The molecule has 0 aliphatic carbocycles. The fourth-order valence-corrected chi connectivity index (χ4v) is 4.55. The molecule has 1 saturated heterocycles. The average Bonchev–Trinajstić information content (AvgIpc) is 3.65. The summed E-state index contributed by atoms with van der Waals surface area (Å²) in [4.78, 5) is 23.6. The van der Waals surface area contributed by atoms with Gasteiger partial charge in [0.15, 0.2) is 0 Å². The van der Waals surface area contributed by atoms with Gasteiger partial charge in [-0.3, -0.25) is 20.2 Å². The predicted octanol–water partition coefficient (Wildman–Crippen LogP) is 1.31. The summed E-state index contributed by atoms with van der Waals surface area (Å²) in [6, 6.07) is 8.03. The fourth-order valence-electron chi connectivity index (χ4n) is 4.10. The van der Waals surface area contributed by atoms with Crippen molar-refractivity contribution in [2.45, 2.75) is 18.8 Å². The number of amides is 1. The predicted molar refractivity (Wildman–Crippen MR) is 137 cm³/mol. The first-order chi connectivity index (χ1) is 18.7. The molecule has 0 bridgehead atoms. The first kappa shape index (κ1) is 26.7. The molecule has 0 radical (unpaired) electrons. The molecule has 3 aromatic rings. The van der Waals surface area contributed by atoms with Gasteiger partial charge >= 0.3 is 6.09 Å². The van der Waals surface area contributed by atoms with Gasteiger partial charge in [0.1, 0.15) is 18.0 Å². The summed E-state index contributed by atoms with van der Waals surface area (Å²) in [7, 11) is -3.26. The molecule has 2 aromatic heterocycles. The first-order valence-electron chi connectivity index (χ1n) is 12.0. The maximum Gasteiger partial charge on any atom is 0.414 e. The number of rotatable bonds is 11. The number of nitrogens with one attached hydrogen (secondary N) is 2. The molecule has 1 aromatic carbocycles. The zero-order valence-electron chi connectivity index (χ0n) is 20.9. The molecule has 1 fully saturated rings. The van der Waals surface area contributed by atoms with Gasteiger partial charge in [0.05, 0.1) is 55.8 Å². The topological polar surface area (TPSA) is 150 Å². The third kappa shape index (κ3) is 6.75. The summed E-state index contributed by atoms with van der Waals surface area (Å²) in [6.07, 6.45) is 6.29. The molecule has 15 heteroatoms. The Labute approximate surface area is 223 Å². The van der Waals surface area contributed by atoms with Crippen LogP contribution < -0.4 is 15.1 Å². The summed E-state index contributed by atoms with van der Waals surface area (Å²) in [6.45, 7) is 1.22. The van der Waals surface area contributed by atoms with Gasteiger partial charge in [-0.25, -0.2) is 27.0 Å². The van der Waals surface area contributed by atoms with Gasteiger partial charge in [0.2, 0.25) is 10.0 Å². The molecule has 5 rings (SSSR count). The number of aromatic nitrogens is 4. The van der Waals surface area contributed by atoms with Crippen molar-refractivity contribution in [3.8, 4) is 11.1 Å². The molecule has 1 amide bonds. The van der Waals surface area contributed by atoms with Crippen molar-refractivity contribution in [3.63, 3.8) is 0 Å². The zero-order valence-corrected chi connectivity index (χ0v) is 21.7. The van der Waals surface area contributed by atoms with E-state index in [1.54, 1.807) is 47.4 Å². The number of pyridine rings is 1. The Bertz CT molecular complexity index is 1450. The third-order valence-electron chi connectivity index (χ3n) is 5.92. The molecular formula is C24H26FN7O6S. The number of benzene rings is 1. The number of halogens is 1. The molecule has 2 N–H and O–H groups in total. The van der Waals surface area contributed by atoms with E-state index in [-0.39, 0.29) is 32.4 Å². The number of hydrogen-bond donors (Lipinski definition) is 2. The maximum atomic E-state index is 15.1. The summed E-state index contributed by atoms with van der Waals surface area (Å²) < 4.78 is 51.9. The van der Waals surface area contributed by atoms with Crippen molar-refractivity contribution in [3.05, 3.63) is 66.5 Å². The second kappa shape index (κ2) is 11.4. The highest BCUT2D eigenvalue weighted by Gasteiger charge is 2.33. The molecule has 0 saturated carbocycles. The molecule has 2 aliphatic heterocycles. The third-order valence-corrected chi connectivity index (χ3v) is 6.65. The van der Waals surface area contributed by atoms with E-state index in [0.29, 0.717) is 34.8 Å². The number of hydroxylamine groups is 1. The van der Waals surface area contributed by atoms with Crippen molar-refractivity contribution in [2.24, 2.45) is 0 Å². The van der Waals surface area contributed by atoms with Crippen LogP contribution in [0.3, 0.4) is 0 Å². The molecule has 206 valence electrons. The molecule has 2 aliphatic rings. The molecule has 39 heavy (non-hydrogen) atoms. The van der Waals surface area contributed by atoms with E-state index < -0.39 is 28.0 Å². The summed E-state index contributed by atoms with van der Waals surface area (Å²) in [5.41, 5.74) is 5.31. The second-order valence-corrected chi connectivity index (χ2v) is 10.8. The molecule has 2 atom stereocenters. The molecular weight excluding hydrogens is 533 g/mol. The molecule has 0 unspecified atom stereocenters. The minimum Gasteiger partial charge on any atom is -0.442 e. The van der Waals surface area contributed by atoms with Crippen LogP contribution in [0, 0.1) is 5.82 Å². The summed E-state index contributed by atoms with van der Waals surface area (Å²) in [5, 5.41) is 7.61. The van der Waals surface area contributed by atoms with Crippen LogP contribution >= 0.6 is 0 Å². The van der Waals surface area contributed by atoms with Gasteiger partial charge in [-0.15, -0.1) is 5.10 Å². The Kier molecular flexibility index (Phi) is 7.83. The van der Waals surface area contributed by atoms with E-state index in [1.165, 1.54) is 17.2 Å². The number of carbonyl (C=O) groups excluding carboxylic acids is 1. The number of carbonyl (C=O) groups is 1. The number of ether oxygens (including phenoxy) is 2. The van der Waals surface area contributed by atoms with Crippen LogP contribution in [0.2, 0.25) is 0 Å². The monoisotopic (exact) mass is 559 g/mol. The highest BCUT2D eigenvalue weighted by molar-refractivity contribution is 7.88. The zero-order chi connectivity index (χ0) is 27.4. The lowest BCUT2D eigenvalue weighted by molar-refractivity contribution is -0.00877. The van der Waals surface area contributed by atoms with Crippen LogP contribution in [-0.2, 0) is 30.9 Å². The van der Waals surface area contributed by atoms with Crippen LogP contribution in [0.5, 0.6) is 0 Å². The van der Waals surface area contributed by atoms with E-state index in [0.717, 1.165) is 6.26 Å². The Morgan fingerprint density at radius 2 is 2.15 bits per heavy atom. The molecule has 4 heterocycles. The van der Waals surface area contributed by atoms with E-state index in [9.17, 15) is 13.2 Å². The number of hydrogen-bond acceptors (Lipinski definition) is 10. The van der Waals surface area contributed by atoms with Crippen molar-refractivity contribution in [1.29, 1.82) is 0 Å². The van der Waals surface area contributed by atoms with Gasteiger partial charge in [-0.2, -0.15) is 0 Å². The number of anilines is 1.